The Hall–Kier alpha value is -6.05. The molecule has 0 bridgehead atoms. The number of nitrogens with zero attached hydrogens (tertiary/aromatic N) is 8. The third-order valence-electron chi connectivity index (χ3n) is 8.66. The summed E-state index contributed by atoms with van der Waals surface area (Å²) in [6.07, 6.45) is 12.5. The Morgan fingerprint density at radius 3 is 2.61 bits per heavy atom. The van der Waals surface area contributed by atoms with Crippen molar-refractivity contribution in [3.63, 3.8) is 0 Å². The Kier molecular flexibility index (Phi) is 10.1. The number of rotatable bonds is 9. The minimum atomic E-state index is -1.29. The number of terminal acetylenes is 1. The number of carbonyl (C=O) groups excluding carboxylic acids is 4. The quantitative estimate of drug-likeness (QED) is 0.259. The average molecular weight is 704 g/mol. The Morgan fingerprint density at radius 1 is 1.18 bits per heavy atom. The number of cyclic esters (lactones) is 1. The fourth-order valence-corrected chi connectivity index (χ4v) is 6.02. The number of ether oxygens (including phenoxy) is 2. The number of hydrogen-bond donors (Lipinski definition) is 1. The standard InChI is InChI=1S/C34H35F2N9O6/c1-4-27(39-30(46)28-20-43-10-6-8-37-33(43)40-28)31(47)42-13-11-41(12-14-42)29-25(35)15-22(16-26(29)36)45-18-23(51-34(45)49)17-44-19-24(32(48)50-5-2)21(3)7-9-38-44/h1,6,8-10,15-16,19-21,23,27H,5,7,11-14,17-18H2,2-3H3,(H,39,46). The van der Waals surface area contributed by atoms with E-state index in [9.17, 15) is 19.2 Å². The zero-order valence-electron chi connectivity index (χ0n) is 27.9. The lowest BCUT2D eigenvalue weighted by Crippen LogP contribution is -2.55. The number of hydrazone groups is 1. The molecule has 3 aliphatic heterocycles. The van der Waals surface area contributed by atoms with E-state index >= 15 is 8.78 Å². The molecule has 3 unspecified atom stereocenters. The van der Waals surface area contributed by atoms with Gasteiger partial charge in [-0.05, 0) is 25.3 Å². The first-order valence-electron chi connectivity index (χ1n) is 16.3. The highest BCUT2D eigenvalue weighted by Crippen LogP contribution is 2.32. The summed E-state index contributed by atoms with van der Waals surface area (Å²) in [7, 11) is 0. The fraction of sp³-hybridized carbons (Fsp3) is 0.382. The lowest BCUT2D eigenvalue weighted by Gasteiger charge is -2.37. The van der Waals surface area contributed by atoms with Crippen molar-refractivity contribution in [2.75, 3.05) is 55.7 Å². The second-order valence-corrected chi connectivity index (χ2v) is 12.1. The van der Waals surface area contributed by atoms with Crippen LogP contribution in [0.4, 0.5) is 25.0 Å². The van der Waals surface area contributed by atoms with Gasteiger partial charge in [0, 0.05) is 69.3 Å². The number of nitrogens with one attached hydrogen (secondary N) is 1. The average Bonchev–Trinajstić information content (AvgIpc) is 3.66. The normalized spacial score (nSPS) is 19.7. The number of amides is 3. The summed E-state index contributed by atoms with van der Waals surface area (Å²) in [5, 5.41) is 8.33. The van der Waals surface area contributed by atoms with Crippen LogP contribution in [0.2, 0.25) is 0 Å². The highest BCUT2D eigenvalue weighted by molar-refractivity contribution is 5.97. The summed E-state index contributed by atoms with van der Waals surface area (Å²) in [5.41, 5.74) is 0.129. The number of imidazole rings is 1. The Balaban J connectivity index is 1.06. The van der Waals surface area contributed by atoms with E-state index in [0.717, 1.165) is 17.0 Å². The van der Waals surface area contributed by atoms with Crippen LogP contribution in [0.3, 0.4) is 0 Å². The van der Waals surface area contributed by atoms with Crippen molar-refractivity contribution < 1.29 is 37.4 Å². The number of fused-ring (bicyclic) bond motifs is 1. The maximum Gasteiger partial charge on any atom is 0.414 e. The molecule has 15 nitrogen and oxygen atoms in total. The van der Waals surface area contributed by atoms with Gasteiger partial charge >= 0.3 is 12.1 Å². The van der Waals surface area contributed by atoms with Crippen molar-refractivity contribution in [3.05, 3.63) is 65.9 Å². The molecule has 3 aromatic rings. The van der Waals surface area contributed by atoms with Gasteiger partial charge in [-0.3, -0.25) is 23.9 Å². The smallest absolute Gasteiger partial charge is 0.414 e. The van der Waals surface area contributed by atoms with E-state index in [-0.39, 0.29) is 68.9 Å². The summed E-state index contributed by atoms with van der Waals surface area (Å²) in [6, 6.07) is 2.50. The summed E-state index contributed by atoms with van der Waals surface area (Å²) in [4.78, 5) is 63.4. The first kappa shape index (κ1) is 34.8. The predicted octanol–water partition coefficient (Wildman–Crippen LogP) is 2.19. The van der Waals surface area contributed by atoms with Crippen LogP contribution in [0.25, 0.3) is 5.78 Å². The van der Waals surface area contributed by atoms with Crippen LogP contribution < -0.4 is 15.1 Å². The highest BCUT2D eigenvalue weighted by Gasteiger charge is 2.36. The van der Waals surface area contributed by atoms with Crippen LogP contribution in [0.1, 0.15) is 30.8 Å². The molecule has 1 N–H and O–H groups in total. The van der Waals surface area contributed by atoms with E-state index in [1.54, 1.807) is 36.0 Å². The first-order valence-corrected chi connectivity index (χ1v) is 16.3. The highest BCUT2D eigenvalue weighted by atomic mass is 19.1. The summed E-state index contributed by atoms with van der Waals surface area (Å²) in [5.74, 6) is -0.985. The maximum atomic E-state index is 15.5. The first-order chi connectivity index (χ1) is 24.6. The van der Waals surface area contributed by atoms with Gasteiger partial charge in [0.05, 0.1) is 31.0 Å². The number of carbonyl (C=O) groups is 4. The molecule has 0 aliphatic carbocycles. The van der Waals surface area contributed by atoms with E-state index in [4.69, 9.17) is 15.9 Å². The SMILES string of the molecule is C#CC(NC(=O)c1cn2cccnc2n1)C(=O)N1CCN(c2c(F)cc(N3CC(CN4C=C(C(=O)OCC)C(C)CC=N4)OC3=O)cc2F)CC1. The van der Waals surface area contributed by atoms with Crippen molar-refractivity contribution >= 4 is 47.2 Å². The van der Waals surface area contributed by atoms with Crippen LogP contribution in [0.5, 0.6) is 0 Å². The van der Waals surface area contributed by atoms with Crippen LogP contribution in [0, 0.1) is 29.9 Å². The number of esters is 1. The minimum Gasteiger partial charge on any atom is -0.463 e. The monoisotopic (exact) mass is 703 g/mol. The molecule has 0 spiro atoms. The number of anilines is 2. The van der Waals surface area contributed by atoms with Crippen LogP contribution in [0.15, 0.2) is 53.7 Å². The lowest BCUT2D eigenvalue weighted by atomic mass is 9.99. The van der Waals surface area contributed by atoms with E-state index in [0.29, 0.717) is 17.8 Å². The second-order valence-electron chi connectivity index (χ2n) is 12.1. The Bertz CT molecular complexity index is 1900. The molecule has 2 aromatic heterocycles. The zero-order chi connectivity index (χ0) is 36.2. The maximum absolute atomic E-state index is 15.5. The van der Waals surface area contributed by atoms with Gasteiger partial charge in [0.25, 0.3) is 11.8 Å². The summed E-state index contributed by atoms with van der Waals surface area (Å²) in [6.45, 7) is 4.21. The zero-order valence-corrected chi connectivity index (χ0v) is 27.9. The number of hydrogen-bond acceptors (Lipinski definition) is 11. The van der Waals surface area contributed by atoms with E-state index in [1.165, 1.54) is 27.2 Å². The molecule has 2 saturated heterocycles. The van der Waals surface area contributed by atoms with E-state index in [1.807, 2.05) is 6.92 Å². The molecule has 17 heteroatoms. The van der Waals surface area contributed by atoms with E-state index < -0.39 is 47.7 Å². The topological polar surface area (TPSA) is 154 Å². The van der Waals surface area contributed by atoms with Crippen LogP contribution in [-0.4, -0.2) is 112 Å². The molecule has 51 heavy (non-hydrogen) atoms. The molecule has 6 rings (SSSR count). The molecular formula is C34H35F2N9O6. The van der Waals surface area contributed by atoms with Gasteiger partial charge in [0.2, 0.25) is 5.78 Å². The van der Waals surface area contributed by atoms with Gasteiger partial charge in [0.1, 0.15) is 17.5 Å². The molecule has 1 aromatic carbocycles. The Labute approximate surface area is 291 Å². The Morgan fingerprint density at radius 2 is 1.92 bits per heavy atom. The van der Waals surface area contributed by atoms with Crippen molar-refractivity contribution in [2.24, 2.45) is 11.0 Å². The molecule has 2 fully saturated rings. The predicted molar refractivity (Wildman–Crippen MR) is 180 cm³/mol. The number of aromatic nitrogens is 3. The third-order valence-corrected chi connectivity index (χ3v) is 8.66. The minimum absolute atomic E-state index is 0.0110. The molecule has 3 aliphatic rings. The van der Waals surface area contributed by atoms with Gasteiger partial charge in [-0.2, -0.15) is 5.10 Å². The second kappa shape index (κ2) is 14.8. The molecular weight excluding hydrogens is 668 g/mol. The molecule has 3 amide bonds. The van der Waals surface area contributed by atoms with E-state index in [2.05, 4.69) is 26.3 Å². The largest absolute Gasteiger partial charge is 0.463 e. The van der Waals surface area contributed by atoms with Crippen molar-refractivity contribution in [1.82, 2.24) is 29.6 Å². The molecule has 0 saturated carbocycles. The van der Waals surface area contributed by atoms with Crippen LogP contribution in [-0.2, 0) is 19.1 Å². The van der Waals surface area contributed by atoms with Gasteiger partial charge in [0.15, 0.2) is 17.7 Å². The van der Waals surface area contributed by atoms with Gasteiger partial charge in [-0.1, -0.05) is 12.8 Å². The summed E-state index contributed by atoms with van der Waals surface area (Å²) >= 11 is 0. The van der Waals surface area contributed by atoms with Crippen molar-refractivity contribution in [3.8, 4) is 12.3 Å². The van der Waals surface area contributed by atoms with Crippen molar-refractivity contribution in [1.29, 1.82) is 0 Å². The van der Waals surface area contributed by atoms with Crippen molar-refractivity contribution in [2.45, 2.75) is 32.4 Å². The van der Waals surface area contributed by atoms with Gasteiger partial charge in [-0.15, -0.1) is 6.42 Å². The number of benzene rings is 1. The molecule has 0 radical (unpaired) electrons. The molecule has 266 valence electrons. The van der Waals surface area contributed by atoms with Gasteiger partial charge in [-0.25, -0.2) is 28.3 Å². The lowest BCUT2D eigenvalue weighted by molar-refractivity contribution is -0.139. The number of halogens is 2. The third kappa shape index (κ3) is 7.44. The van der Waals surface area contributed by atoms with Gasteiger partial charge < -0.3 is 24.6 Å². The molecule has 5 heterocycles. The number of piperazine rings is 1. The molecule has 3 atom stereocenters. The summed E-state index contributed by atoms with van der Waals surface area (Å²) < 4.78 is 43.2. The fourth-order valence-electron chi connectivity index (χ4n) is 6.02. The van der Waals surface area contributed by atoms with Crippen LogP contribution >= 0.6 is 0 Å².